The zero-order chi connectivity index (χ0) is 14.4. The van der Waals surface area contributed by atoms with Crippen LogP contribution < -0.4 is 10.6 Å². The molecule has 1 aliphatic carbocycles. The summed E-state index contributed by atoms with van der Waals surface area (Å²) >= 11 is 0. The fraction of sp³-hybridized carbons (Fsp3) is 0.600. The van der Waals surface area contributed by atoms with Crippen LogP contribution in [0.3, 0.4) is 0 Å². The van der Waals surface area contributed by atoms with E-state index >= 15 is 0 Å². The van der Waals surface area contributed by atoms with Crippen molar-refractivity contribution in [2.75, 3.05) is 13.1 Å². The Morgan fingerprint density at radius 2 is 2.40 bits per heavy atom. The van der Waals surface area contributed by atoms with Crippen LogP contribution in [-0.4, -0.2) is 23.6 Å². The Morgan fingerprint density at radius 3 is 3.05 bits per heavy atom. The van der Waals surface area contributed by atoms with Crippen molar-refractivity contribution in [2.24, 2.45) is 5.92 Å². The second-order valence-electron chi connectivity index (χ2n) is 5.32. The van der Waals surface area contributed by atoms with Gasteiger partial charge in [0.05, 0.1) is 6.07 Å². The lowest BCUT2D eigenvalue weighted by Gasteiger charge is -2.16. The Kier molecular flexibility index (Phi) is 5.19. The first kappa shape index (κ1) is 14.6. The predicted molar refractivity (Wildman–Crippen MR) is 76.8 cm³/mol. The average Bonchev–Trinajstić information content (AvgIpc) is 3.17. The van der Waals surface area contributed by atoms with Gasteiger partial charge in [0.25, 0.3) is 0 Å². The Labute approximate surface area is 120 Å². The fourth-order valence-corrected chi connectivity index (χ4v) is 2.39. The van der Waals surface area contributed by atoms with E-state index in [-0.39, 0.29) is 19.0 Å². The molecule has 5 heteroatoms. The quantitative estimate of drug-likeness (QED) is 0.707. The summed E-state index contributed by atoms with van der Waals surface area (Å²) in [6.07, 6.45) is 7.67. The molecule has 5 nitrogen and oxygen atoms in total. The number of carbonyl (C=O) groups excluding carboxylic acids is 1. The summed E-state index contributed by atoms with van der Waals surface area (Å²) in [5, 5.41) is 14.6. The van der Waals surface area contributed by atoms with Gasteiger partial charge in [-0.05, 0) is 43.4 Å². The third-order valence-corrected chi connectivity index (χ3v) is 3.53. The van der Waals surface area contributed by atoms with E-state index in [1.165, 1.54) is 18.4 Å². The standard InChI is InChI=1S/C15H22N4O/c1-2-7-18-15(12-3-4-12)13-5-9-19(10-13)11-14(20)17-8-6-16/h5,9-10,12,15,18H,2-4,7-8,11H2,1H3,(H,17,20). The van der Waals surface area contributed by atoms with Crippen molar-refractivity contribution in [2.45, 2.75) is 38.8 Å². The van der Waals surface area contributed by atoms with Crippen molar-refractivity contribution in [1.29, 1.82) is 5.26 Å². The Balaban J connectivity index is 1.93. The normalized spacial score (nSPS) is 15.6. The van der Waals surface area contributed by atoms with Crippen LogP contribution in [0.1, 0.15) is 37.8 Å². The molecular formula is C15H22N4O. The molecule has 1 heterocycles. The topological polar surface area (TPSA) is 69.8 Å². The number of rotatable bonds is 8. The summed E-state index contributed by atoms with van der Waals surface area (Å²) in [5.74, 6) is 0.614. The number of nitrogens with zero attached hydrogens (tertiary/aromatic N) is 2. The molecule has 108 valence electrons. The molecular weight excluding hydrogens is 252 g/mol. The molecule has 1 unspecified atom stereocenters. The van der Waals surface area contributed by atoms with Gasteiger partial charge >= 0.3 is 0 Å². The van der Waals surface area contributed by atoms with Crippen LogP contribution >= 0.6 is 0 Å². The van der Waals surface area contributed by atoms with E-state index in [0.29, 0.717) is 6.04 Å². The second kappa shape index (κ2) is 7.11. The van der Waals surface area contributed by atoms with Gasteiger partial charge in [-0.1, -0.05) is 6.92 Å². The van der Waals surface area contributed by atoms with Gasteiger partial charge in [0, 0.05) is 18.4 Å². The Hall–Kier alpha value is -1.80. The second-order valence-corrected chi connectivity index (χ2v) is 5.32. The van der Waals surface area contributed by atoms with E-state index in [1.807, 2.05) is 23.0 Å². The van der Waals surface area contributed by atoms with Crippen molar-refractivity contribution in [1.82, 2.24) is 15.2 Å². The minimum atomic E-state index is -0.127. The molecule has 1 atom stereocenters. The van der Waals surface area contributed by atoms with Gasteiger partial charge in [0.1, 0.15) is 13.1 Å². The maximum absolute atomic E-state index is 11.6. The maximum Gasteiger partial charge on any atom is 0.240 e. The third kappa shape index (κ3) is 4.10. The molecule has 0 aliphatic heterocycles. The van der Waals surface area contributed by atoms with E-state index in [0.717, 1.165) is 18.9 Å². The van der Waals surface area contributed by atoms with Crippen LogP contribution in [0.5, 0.6) is 0 Å². The van der Waals surface area contributed by atoms with Gasteiger partial charge in [-0.15, -0.1) is 0 Å². The van der Waals surface area contributed by atoms with E-state index < -0.39 is 0 Å². The van der Waals surface area contributed by atoms with E-state index in [4.69, 9.17) is 5.26 Å². The van der Waals surface area contributed by atoms with Gasteiger partial charge in [-0.2, -0.15) is 5.26 Å². The molecule has 1 aliphatic rings. The lowest BCUT2D eigenvalue weighted by atomic mass is 10.1. The zero-order valence-corrected chi connectivity index (χ0v) is 11.9. The average molecular weight is 274 g/mol. The molecule has 1 amide bonds. The van der Waals surface area contributed by atoms with Crippen LogP contribution in [0.25, 0.3) is 0 Å². The van der Waals surface area contributed by atoms with E-state index in [1.54, 1.807) is 0 Å². The van der Waals surface area contributed by atoms with Crippen molar-refractivity contribution in [3.63, 3.8) is 0 Å². The smallest absolute Gasteiger partial charge is 0.240 e. The Bertz CT molecular complexity index is 484. The minimum absolute atomic E-state index is 0.0652. The summed E-state index contributed by atoms with van der Waals surface area (Å²) in [5.41, 5.74) is 1.26. The van der Waals surface area contributed by atoms with Crippen molar-refractivity contribution in [3.05, 3.63) is 24.0 Å². The highest BCUT2D eigenvalue weighted by Crippen LogP contribution is 2.41. The number of carbonyl (C=O) groups is 1. The fourth-order valence-electron chi connectivity index (χ4n) is 2.39. The molecule has 0 radical (unpaired) electrons. The predicted octanol–water partition coefficient (Wildman–Crippen LogP) is 1.58. The van der Waals surface area contributed by atoms with Crippen molar-refractivity contribution in [3.8, 4) is 6.07 Å². The van der Waals surface area contributed by atoms with Gasteiger partial charge < -0.3 is 15.2 Å². The molecule has 1 fully saturated rings. The van der Waals surface area contributed by atoms with Crippen molar-refractivity contribution < 1.29 is 4.79 Å². The summed E-state index contributed by atoms with van der Waals surface area (Å²) in [7, 11) is 0. The highest BCUT2D eigenvalue weighted by atomic mass is 16.1. The van der Waals surface area contributed by atoms with E-state index in [2.05, 4.69) is 23.6 Å². The summed E-state index contributed by atoms with van der Waals surface area (Å²) in [6, 6.07) is 4.40. The van der Waals surface area contributed by atoms with Crippen LogP contribution in [-0.2, 0) is 11.3 Å². The third-order valence-electron chi connectivity index (χ3n) is 3.53. The van der Waals surface area contributed by atoms with Gasteiger partial charge in [0.15, 0.2) is 0 Å². The van der Waals surface area contributed by atoms with Gasteiger partial charge in [-0.25, -0.2) is 0 Å². The van der Waals surface area contributed by atoms with Gasteiger partial charge in [0.2, 0.25) is 5.91 Å². The lowest BCUT2D eigenvalue weighted by Crippen LogP contribution is -2.27. The Morgan fingerprint density at radius 1 is 1.60 bits per heavy atom. The molecule has 1 saturated carbocycles. The monoisotopic (exact) mass is 274 g/mol. The van der Waals surface area contributed by atoms with Crippen molar-refractivity contribution >= 4 is 5.91 Å². The number of hydrogen-bond acceptors (Lipinski definition) is 3. The number of nitriles is 1. The molecule has 0 saturated heterocycles. The molecule has 0 bridgehead atoms. The molecule has 0 spiro atoms. The summed E-state index contributed by atoms with van der Waals surface area (Å²) in [4.78, 5) is 11.6. The van der Waals surface area contributed by atoms with Crippen LogP contribution in [0.4, 0.5) is 0 Å². The highest BCUT2D eigenvalue weighted by Gasteiger charge is 2.32. The first-order valence-electron chi connectivity index (χ1n) is 7.27. The number of amides is 1. The molecule has 1 aromatic rings. The van der Waals surface area contributed by atoms with Crippen LogP contribution in [0, 0.1) is 17.2 Å². The summed E-state index contributed by atoms with van der Waals surface area (Å²) < 4.78 is 1.88. The lowest BCUT2D eigenvalue weighted by molar-refractivity contribution is -0.121. The first-order chi connectivity index (χ1) is 9.74. The highest BCUT2D eigenvalue weighted by molar-refractivity contribution is 5.75. The molecule has 0 aromatic carbocycles. The largest absolute Gasteiger partial charge is 0.345 e. The number of nitrogens with one attached hydrogen (secondary N) is 2. The van der Waals surface area contributed by atoms with Crippen LogP contribution in [0.15, 0.2) is 18.5 Å². The SMILES string of the molecule is CCCNC(c1ccn(CC(=O)NCC#N)c1)C1CC1. The minimum Gasteiger partial charge on any atom is -0.345 e. The molecule has 20 heavy (non-hydrogen) atoms. The molecule has 1 aromatic heterocycles. The number of hydrogen-bond donors (Lipinski definition) is 2. The zero-order valence-electron chi connectivity index (χ0n) is 11.9. The molecule has 2 rings (SSSR count). The maximum atomic E-state index is 11.6. The summed E-state index contributed by atoms with van der Waals surface area (Å²) in [6.45, 7) is 3.53. The van der Waals surface area contributed by atoms with E-state index in [9.17, 15) is 4.79 Å². The number of aromatic nitrogens is 1. The first-order valence-corrected chi connectivity index (χ1v) is 7.27. The molecule has 2 N–H and O–H groups in total. The van der Waals surface area contributed by atoms with Gasteiger partial charge in [-0.3, -0.25) is 4.79 Å². The van der Waals surface area contributed by atoms with Crippen LogP contribution in [0.2, 0.25) is 0 Å².